The van der Waals surface area contributed by atoms with Gasteiger partial charge in [-0.2, -0.15) is 5.10 Å². The van der Waals surface area contributed by atoms with Crippen LogP contribution in [0.1, 0.15) is 22.8 Å². The molecule has 24 heavy (non-hydrogen) atoms. The minimum Gasteiger partial charge on any atom is -0.494 e. The Labute approximate surface area is 139 Å². The first-order chi connectivity index (χ1) is 11.8. The molecule has 6 nitrogen and oxygen atoms in total. The summed E-state index contributed by atoms with van der Waals surface area (Å²) in [5.41, 5.74) is 1.33. The highest BCUT2D eigenvalue weighted by Gasteiger charge is 2.08. The van der Waals surface area contributed by atoms with E-state index < -0.39 is 0 Å². The number of hydrogen-bond acceptors (Lipinski definition) is 5. The lowest BCUT2D eigenvalue weighted by Gasteiger charge is -2.07. The SMILES string of the molecule is CCOc1ccc(C(=O)OCc2ccnc(-n3cccn3)c2)cc1. The molecule has 0 radical (unpaired) electrons. The molecule has 1 aromatic carbocycles. The number of hydrogen-bond donors (Lipinski definition) is 0. The highest BCUT2D eigenvalue weighted by atomic mass is 16.5. The van der Waals surface area contributed by atoms with Crippen LogP contribution in [-0.4, -0.2) is 27.3 Å². The first-order valence-corrected chi connectivity index (χ1v) is 7.61. The first kappa shape index (κ1) is 15.7. The number of esters is 1. The van der Waals surface area contributed by atoms with E-state index >= 15 is 0 Å². The molecule has 2 heterocycles. The van der Waals surface area contributed by atoms with Gasteiger partial charge in [0.1, 0.15) is 12.4 Å². The molecule has 0 saturated carbocycles. The van der Waals surface area contributed by atoms with Gasteiger partial charge in [-0.3, -0.25) is 0 Å². The van der Waals surface area contributed by atoms with E-state index in [-0.39, 0.29) is 12.6 Å². The fourth-order valence-corrected chi connectivity index (χ4v) is 2.17. The van der Waals surface area contributed by atoms with Gasteiger partial charge >= 0.3 is 5.97 Å². The van der Waals surface area contributed by atoms with Crippen molar-refractivity contribution in [2.75, 3.05) is 6.61 Å². The van der Waals surface area contributed by atoms with Gasteiger partial charge in [-0.1, -0.05) is 0 Å². The van der Waals surface area contributed by atoms with Crippen LogP contribution >= 0.6 is 0 Å². The standard InChI is InChI=1S/C18H17N3O3/c1-2-23-16-6-4-15(5-7-16)18(22)24-13-14-8-10-19-17(12-14)21-11-3-9-20-21/h3-12H,2,13H2,1H3. The van der Waals surface area contributed by atoms with Gasteiger partial charge in [-0.15, -0.1) is 0 Å². The molecular formula is C18H17N3O3. The smallest absolute Gasteiger partial charge is 0.338 e. The van der Waals surface area contributed by atoms with Crippen LogP contribution in [-0.2, 0) is 11.3 Å². The molecule has 0 aliphatic rings. The quantitative estimate of drug-likeness (QED) is 0.652. The molecule has 6 heteroatoms. The zero-order valence-corrected chi connectivity index (χ0v) is 13.3. The van der Waals surface area contributed by atoms with Crippen molar-refractivity contribution in [1.29, 1.82) is 0 Å². The van der Waals surface area contributed by atoms with Crippen molar-refractivity contribution in [3.8, 4) is 11.6 Å². The Balaban J connectivity index is 1.63. The van der Waals surface area contributed by atoms with Gasteiger partial charge in [-0.05, 0) is 55.0 Å². The van der Waals surface area contributed by atoms with Gasteiger partial charge in [0, 0.05) is 18.6 Å². The Bertz CT molecular complexity index is 799. The maximum Gasteiger partial charge on any atom is 0.338 e. The topological polar surface area (TPSA) is 66.2 Å². The van der Waals surface area contributed by atoms with E-state index in [0.29, 0.717) is 18.0 Å². The summed E-state index contributed by atoms with van der Waals surface area (Å²) >= 11 is 0. The van der Waals surface area contributed by atoms with E-state index in [2.05, 4.69) is 10.1 Å². The number of nitrogens with zero attached hydrogens (tertiary/aromatic N) is 3. The molecule has 3 rings (SSSR count). The Morgan fingerprint density at radius 2 is 2.00 bits per heavy atom. The first-order valence-electron chi connectivity index (χ1n) is 7.61. The van der Waals surface area contributed by atoms with Crippen LogP contribution in [0.2, 0.25) is 0 Å². The summed E-state index contributed by atoms with van der Waals surface area (Å²) < 4.78 is 12.4. The summed E-state index contributed by atoms with van der Waals surface area (Å²) in [4.78, 5) is 16.3. The Kier molecular flexibility index (Phi) is 4.86. The highest BCUT2D eigenvalue weighted by Crippen LogP contribution is 2.14. The lowest BCUT2D eigenvalue weighted by molar-refractivity contribution is 0.0472. The van der Waals surface area contributed by atoms with Crippen molar-refractivity contribution in [3.05, 3.63) is 72.2 Å². The average Bonchev–Trinajstić information content (AvgIpc) is 3.16. The fraction of sp³-hybridized carbons (Fsp3) is 0.167. The fourth-order valence-electron chi connectivity index (χ4n) is 2.17. The van der Waals surface area contributed by atoms with E-state index in [1.807, 2.05) is 19.1 Å². The molecule has 0 atom stereocenters. The van der Waals surface area contributed by atoms with Crippen LogP contribution in [0.15, 0.2) is 61.1 Å². The second-order valence-corrected chi connectivity index (χ2v) is 5.01. The molecule has 0 unspecified atom stereocenters. The van der Waals surface area contributed by atoms with Crippen molar-refractivity contribution >= 4 is 5.97 Å². The van der Waals surface area contributed by atoms with Gasteiger partial charge < -0.3 is 9.47 Å². The third kappa shape index (κ3) is 3.78. The van der Waals surface area contributed by atoms with Crippen LogP contribution in [0.25, 0.3) is 5.82 Å². The number of aromatic nitrogens is 3. The number of ether oxygens (including phenoxy) is 2. The number of rotatable bonds is 6. The van der Waals surface area contributed by atoms with Crippen LogP contribution in [0.5, 0.6) is 5.75 Å². The molecule has 122 valence electrons. The molecule has 0 bridgehead atoms. The number of pyridine rings is 1. The minimum atomic E-state index is -0.379. The van der Waals surface area contributed by atoms with Gasteiger partial charge in [0.25, 0.3) is 0 Å². The lowest BCUT2D eigenvalue weighted by atomic mass is 10.2. The van der Waals surface area contributed by atoms with E-state index in [4.69, 9.17) is 9.47 Å². The Morgan fingerprint density at radius 1 is 1.17 bits per heavy atom. The zero-order valence-electron chi connectivity index (χ0n) is 13.3. The molecular weight excluding hydrogens is 306 g/mol. The summed E-state index contributed by atoms with van der Waals surface area (Å²) in [5, 5.41) is 4.13. The van der Waals surface area contributed by atoms with Crippen molar-refractivity contribution in [1.82, 2.24) is 14.8 Å². The lowest BCUT2D eigenvalue weighted by Crippen LogP contribution is -2.06. The maximum absolute atomic E-state index is 12.1. The molecule has 2 aromatic heterocycles. The normalized spacial score (nSPS) is 10.4. The second kappa shape index (κ2) is 7.41. The molecule has 0 aliphatic carbocycles. The van der Waals surface area contributed by atoms with Crippen LogP contribution < -0.4 is 4.74 Å². The van der Waals surface area contributed by atoms with Crippen molar-refractivity contribution in [2.24, 2.45) is 0 Å². The van der Waals surface area contributed by atoms with Crippen LogP contribution in [0.4, 0.5) is 0 Å². The minimum absolute atomic E-state index is 0.169. The molecule has 0 aliphatic heterocycles. The zero-order chi connectivity index (χ0) is 16.8. The molecule has 0 amide bonds. The maximum atomic E-state index is 12.1. The predicted octanol–water partition coefficient (Wildman–Crippen LogP) is 3.02. The third-order valence-electron chi connectivity index (χ3n) is 3.32. The second-order valence-electron chi connectivity index (χ2n) is 5.01. The number of carbonyl (C=O) groups is 1. The highest BCUT2D eigenvalue weighted by molar-refractivity contribution is 5.89. The van der Waals surface area contributed by atoms with E-state index in [0.717, 1.165) is 11.3 Å². The average molecular weight is 323 g/mol. The molecule has 0 N–H and O–H groups in total. The predicted molar refractivity (Wildman–Crippen MR) is 88.1 cm³/mol. The largest absolute Gasteiger partial charge is 0.494 e. The molecule has 0 fully saturated rings. The summed E-state index contributed by atoms with van der Waals surface area (Å²) in [6.07, 6.45) is 5.15. The van der Waals surface area contributed by atoms with Crippen molar-refractivity contribution in [3.63, 3.8) is 0 Å². The van der Waals surface area contributed by atoms with Gasteiger partial charge in [0.15, 0.2) is 5.82 Å². The summed E-state index contributed by atoms with van der Waals surface area (Å²) in [6.45, 7) is 2.67. The van der Waals surface area contributed by atoms with Gasteiger partial charge in [0.2, 0.25) is 0 Å². The van der Waals surface area contributed by atoms with Crippen molar-refractivity contribution in [2.45, 2.75) is 13.5 Å². The third-order valence-corrected chi connectivity index (χ3v) is 3.32. The monoisotopic (exact) mass is 323 g/mol. The van der Waals surface area contributed by atoms with E-state index in [1.54, 1.807) is 53.6 Å². The molecule has 0 spiro atoms. The Hall–Kier alpha value is -3.15. The number of benzene rings is 1. The summed E-state index contributed by atoms with van der Waals surface area (Å²) in [6, 6.07) is 12.3. The Morgan fingerprint density at radius 3 is 2.71 bits per heavy atom. The van der Waals surface area contributed by atoms with Gasteiger partial charge in [-0.25, -0.2) is 14.5 Å². The molecule has 0 saturated heterocycles. The van der Waals surface area contributed by atoms with E-state index in [1.165, 1.54) is 0 Å². The summed E-state index contributed by atoms with van der Waals surface area (Å²) in [5.74, 6) is 1.03. The van der Waals surface area contributed by atoms with E-state index in [9.17, 15) is 4.79 Å². The summed E-state index contributed by atoms with van der Waals surface area (Å²) in [7, 11) is 0. The number of carbonyl (C=O) groups excluding carboxylic acids is 1. The van der Waals surface area contributed by atoms with Crippen molar-refractivity contribution < 1.29 is 14.3 Å². The molecule has 3 aromatic rings. The van der Waals surface area contributed by atoms with Gasteiger partial charge in [0.05, 0.1) is 12.2 Å². The van der Waals surface area contributed by atoms with Crippen LogP contribution in [0.3, 0.4) is 0 Å². The van der Waals surface area contributed by atoms with Crippen LogP contribution in [0, 0.1) is 0 Å².